The van der Waals surface area contributed by atoms with Crippen LogP contribution in [0.15, 0.2) is 84.9 Å². The summed E-state index contributed by atoms with van der Waals surface area (Å²) >= 11 is 0. The molecule has 0 spiro atoms. The van der Waals surface area contributed by atoms with Gasteiger partial charge in [-0.05, 0) is 91.7 Å². The molecule has 5 aromatic rings. The summed E-state index contributed by atoms with van der Waals surface area (Å²) < 4.78 is 0. The highest BCUT2D eigenvalue weighted by molar-refractivity contribution is 6.09. The zero-order valence-electron chi connectivity index (χ0n) is 16.9. The van der Waals surface area contributed by atoms with Crippen LogP contribution in [0.5, 0.6) is 0 Å². The second-order valence-electron chi connectivity index (χ2n) is 8.78. The predicted octanol–water partition coefficient (Wildman–Crippen LogP) is 7.52. The molecule has 2 aliphatic carbocycles. The van der Waals surface area contributed by atoms with Crippen LogP contribution in [0.25, 0.3) is 43.8 Å². The van der Waals surface area contributed by atoms with Crippen LogP contribution in [0.4, 0.5) is 0 Å². The van der Waals surface area contributed by atoms with Gasteiger partial charge in [0.25, 0.3) is 0 Å². The molecule has 2 aliphatic rings. The summed E-state index contributed by atoms with van der Waals surface area (Å²) in [5, 5.41) is 5.49. The zero-order valence-corrected chi connectivity index (χ0v) is 16.9. The van der Waals surface area contributed by atoms with Gasteiger partial charge in [-0.1, -0.05) is 84.9 Å². The highest BCUT2D eigenvalue weighted by atomic mass is 14.3. The van der Waals surface area contributed by atoms with Crippen molar-refractivity contribution >= 4 is 21.5 Å². The molecule has 7 rings (SSSR count). The van der Waals surface area contributed by atoms with E-state index >= 15 is 0 Å². The Morgan fingerprint density at radius 3 is 1.17 bits per heavy atom. The Bertz CT molecular complexity index is 1370. The molecule has 142 valence electrons. The maximum Gasteiger partial charge on any atom is -0.00611 e. The van der Waals surface area contributed by atoms with E-state index in [9.17, 15) is 0 Å². The van der Waals surface area contributed by atoms with Crippen molar-refractivity contribution < 1.29 is 0 Å². The van der Waals surface area contributed by atoms with Gasteiger partial charge >= 0.3 is 0 Å². The van der Waals surface area contributed by atoms with Gasteiger partial charge in [0, 0.05) is 0 Å². The SMILES string of the molecule is c1ccc2c3c(ccc2c1)CCc1ccc2c(c1-3)-c1c(ccc3ccccc13)CC2. The Hall–Kier alpha value is -3.38. The quantitative estimate of drug-likeness (QED) is 0.260. The van der Waals surface area contributed by atoms with Crippen LogP contribution in [0, 0.1) is 0 Å². The molecule has 0 aromatic heterocycles. The lowest BCUT2D eigenvalue weighted by atomic mass is 9.73. The van der Waals surface area contributed by atoms with Crippen molar-refractivity contribution in [1.29, 1.82) is 0 Å². The molecule has 0 heteroatoms. The number of hydrogen-bond acceptors (Lipinski definition) is 0. The van der Waals surface area contributed by atoms with Crippen LogP contribution in [0.1, 0.15) is 22.3 Å². The number of rotatable bonds is 0. The molecule has 0 saturated carbocycles. The van der Waals surface area contributed by atoms with Crippen LogP contribution in [0.3, 0.4) is 0 Å². The van der Waals surface area contributed by atoms with Crippen LogP contribution in [-0.4, -0.2) is 0 Å². The fourth-order valence-electron chi connectivity index (χ4n) is 5.86. The van der Waals surface area contributed by atoms with Crippen molar-refractivity contribution in [2.75, 3.05) is 0 Å². The van der Waals surface area contributed by atoms with Crippen LogP contribution >= 0.6 is 0 Å². The molecule has 0 nitrogen and oxygen atoms in total. The number of benzene rings is 5. The minimum Gasteiger partial charge on any atom is -0.0616 e. The largest absolute Gasteiger partial charge is 0.0616 e. The van der Waals surface area contributed by atoms with Crippen LogP contribution in [-0.2, 0) is 25.7 Å². The molecule has 0 N–H and O–H groups in total. The highest BCUT2D eigenvalue weighted by Gasteiger charge is 2.28. The average Bonchev–Trinajstić information content (AvgIpc) is 2.82. The van der Waals surface area contributed by atoms with E-state index in [2.05, 4.69) is 84.9 Å². The first-order valence-corrected chi connectivity index (χ1v) is 11.1. The average molecular weight is 383 g/mol. The lowest BCUT2D eigenvalue weighted by Crippen LogP contribution is -2.11. The van der Waals surface area contributed by atoms with E-state index in [4.69, 9.17) is 0 Å². The molecule has 0 amide bonds. The van der Waals surface area contributed by atoms with Gasteiger partial charge in [0.15, 0.2) is 0 Å². The van der Waals surface area contributed by atoms with Gasteiger partial charge in [0.05, 0.1) is 0 Å². The van der Waals surface area contributed by atoms with E-state index < -0.39 is 0 Å². The number of hydrogen-bond donors (Lipinski definition) is 0. The monoisotopic (exact) mass is 382 g/mol. The molecule has 0 fully saturated rings. The van der Waals surface area contributed by atoms with Gasteiger partial charge in [0.1, 0.15) is 0 Å². The molecule has 0 heterocycles. The van der Waals surface area contributed by atoms with Crippen molar-refractivity contribution in [3.8, 4) is 22.3 Å². The fourth-order valence-corrected chi connectivity index (χ4v) is 5.86. The Morgan fingerprint density at radius 2 is 0.700 bits per heavy atom. The van der Waals surface area contributed by atoms with Crippen LogP contribution < -0.4 is 0 Å². The highest BCUT2D eigenvalue weighted by Crippen LogP contribution is 2.49. The molecule has 0 bridgehead atoms. The van der Waals surface area contributed by atoms with E-state index in [1.54, 1.807) is 0 Å². The van der Waals surface area contributed by atoms with E-state index in [0.29, 0.717) is 0 Å². The smallest absolute Gasteiger partial charge is 0.00611 e. The van der Waals surface area contributed by atoms with Crippen molar-refractivity contribution in [2.45, 2.75) is 25.7 Å². The minimum atomic E-state index is 1.13. The number of aryl methyl sites for hydroxylation is 4. The lowest BCUT2D eigenvalue weighted by molar-refractivity contribution is 0.919. The van der Waals surface area contributed by atoms with Gasteiger partial charge in [0.2, 0.25) is 0 Å². The maximum absolute atomic E-state index is 2.41. The maximum atomic E-state index is 2.41. The molecular formula is C30H22. The Labute approximate surface area is 176 Å². The summed E-state index contributed by atoms with van der Waals surface area (Å²) in [7, 11) is 0. The lowest BCUT2D eigenvalue weighted by Gasteiger charge is -2.30. The predicted molar refractivity (Wildman–Crippen MR) is 127 cm³/mol. The second-order valence-corrected chi connectivity index (χ2v) is 8.78. The number of fused-ring (bicyclic) bond motifs is 11. The van der Waals surface area contributed by atoms with Gasteiger partial charge in [-0.25, -0.2) is 0 Å². The van der Waals surface area contributed by atoms with Crippen molar-refractivity contribution in [3.05, 3.63) is 107 Å². The van der Waals surface area contributed by atoms with Gasteiger partial charge in [-0.3, -0.25) is 0 Å². The molecule has 5 aromatic carbocycles. The van der Waals surface area contributed by atoms with Gasteiger partial charge in [-0.2, -0.15) is 0 Å². The third kappa shape index (κ3) is 2.17. The summed E-state index contributed by atoms with van der Waals surface area (Å²) in [5.41, 5.74) is 12.0. The van der Waals surface area contributed by atoms with E-state index in [1.807, 2.05) is 0 Å². The first-order chi connectivity index (χ1) is 14.9. The summed E-state index contributed by atoms with van der Waals surface area (Å²) in [4.78, 5) is 0. The van der Waals surface area contributed by atoms with Crippen LogP contribution in [0.2, 0.25) is 0 Å². The Morgan fingerprint density at radius 1 is 0.333 bits per heavy atom. The van der Waals surface area contributed by atoms with Gasteiger partial charge in [-0.15, -0.1) is 0 Å². The summed E-state index contributed by atoms with van der Waals surface area (Å²) in [6, 6.07) is 32.0. The molecule has 30 heavy (non-hydrogen) atoms. The molecule has 0 unspecified atom stereocenters. The molecular weight excluding hydrogens is 360 g/mol. The molecule has 0 aliphatic heterocycles. The standard InChI is InChI=1S/C30H22/c1-3-7-25-19(5-1)9-11-21-13-15-23-17-18-24-16-14-22-12-10-20-6-2-4-8-26(20)28(22)30(24)29(23)27(21)25/h1-12,17-18H,13-16H2. The second kappa shape index (κ2) is 6.06. The molecule has 0 atom stereocenters. The van der Waals surface area contributed by atoms with Gasteiger partial charge < -0.3 is 0 Å². The van der Waals surface area contributed by atoms with E-state index in [1.165, 1.54) is 66.1 Å². The first-order valence-electron chi connectivity index (χ1n) is 11.1. The first kappa shape index (κ1) is 16.4. The van der Waals surface area contributed by atoms with E-state index in [0.717, 1.165) is 25.7 Å². The Kier molecular flexibility index (Phi) is 3.32. The Balaban J connectivity index is 1.67. The normalized spacial score (nSPS) is 14.1. The minimum absolute atomic E-state index is 1.13. The fraction of sp³-hybridized carbons (Fsp3) is 0.133. The topological polar surface area (TPSA) is 0 Å². The van der Waals surface area contributed by atoms with Crippen molar-refractivity contribution in [1.82, 2.24) is 0 Å². The van der Waals surface area contributed by atoms with Crippen molar-refractivity contribution in [2.24, 2.45) is 0 Å². The summed E-state index contributed by atoms with van der Waals surface area (Å²) in [5.74, 6) is 0. The third-order valence-electron chi connectivity index (χ3n) is 7.24. The third-order valence-corrected chi connectivity index (χ3v) is 7.24. The molecule has 0 saturated heterocycles. The molecule has 0 radical (unpaired) electrons. The van der Waals surface area contributed by atoms with Crippen molar-refractivity contribution in [3.63, 3.8) is 0 Å². The summed E-state index contributed by atoms with van der Waals surface area (Å²) in [6.45, 7) is 0. The zero-order chi connectivity index (χ0) is 19.7. The summed E-state index contributed by atoms with van der Waals surface area (Å²) in [6.07, 6.45) is 4.53. The van der Waals surface area contributed by atoms with E-state index in [-0.39, 0.29) is 0 Å².